The number of benzene rings is 1. The number of rotatable bonds is 2. The van der Waals surface area contributed by atoms with Crippen LogP contribution in [-0.4, -0.2) is 12.5 Å². The van der Waals surface area contributed by atoms with E-state index in [-0.39, 0.29) is 17.3 Å². The van der Waals surface area contributed by atoms with Gasteiger partial charge in [0.05, 0.1) is 10.5 Å². The van der Waals surface area contributed by atoms with E-state index in [0.717, 1.165) is 17.0 Å². The molecule has 1 unspecified atom stereocenters. The van der Waals surface area contributed by atoms with Crippen LogP contribution in [0, 0.1) is 0 Å². The minimum atomic E-state index is -0.110. The van der Waals surface area contributed by atoms with Gasteiger partial charge in [0.2, 0.25) is 0 Å². The fraction of sp³-hybridized carbons (Fsp3) is 0.154. The van der Waals surface area contributed by atoms with E-state index in [1.807, 2.05) is 23.6 Å². The van der Waals surface area contributed by atoms with Crippen LogP contribution in [0.15, 0.2) is 35.0 Å². The zero-order valence-electron chi connectivity index (χ0n) is 9.35. The van der Waals surface area contributed by atoms with Crippen LogP contribution in [0.5, 0.6) is 5.75 Å². The van der Waals surface area contributed by atoms with Gasteiger partial charge in [-0.15, -0.1) is 0 Å². The van der Waals surface area contributed by atoms with E-state index < -0.39 is 0 Å². The van der Waals surface area contributed by atoms with Crippen molar-refractivity contribution in [2.24, 2.45) is 0 Å². The van der Waals surface area contributed by atoms with Crippen molar-refractivity contribution >= 4 is 38.9 Å². The van der Waals surface area contributed by atoms with Crippen LogP contribution < -0.4 is 10.1 Å². The first-order valence-electron chi connectivity index (χ1n) is 5.47. The molecule has 0 aliphatic carbocycles. The normalized spacial score (nSPS) is 15.5. The number of hydrogen-bond donors (Lipinski definition) is 1. The van der Waals surface area contributed by atoms with Crippen LogP contribution in [0.3, 0.4) is 0 Å². The summed E-state index contributed by atoms with van der Waals surface area (Å²) in [5.41, 5.74) is 3.05. The first-order valence-corrected chi connectivity index (χ1v) is 7.32. The van der Waals surface area contributed by atoms with Gasteiger partial charge in [0.15, 0.2) is 6.61 Å². The Morgan fingerprint density at radius 2 is 2.22 bits per heavy atom. The van der Waals surface area contributed by atoms with Crippen molar-refractivity contribution in [2.75, 3.05) is 11.9 Å². The molecule has 1 aliphatic rings. The number of amides is 1. The summed E-state index contributed by atoms with van der Waals surface area (Å²) in [7, 11) is 0. The minimum Gasteiger partial charge on any atom is -0.482 e. The molecule has 1 aromatic carbocycles. The van der Waals surface area contributed by atoms with Crippen molar-refractivity contribution in [1.29, 1.82) is 0 Å². The number of carbonyl (C=O) groups is 1. The number of thiophene rings is 1. The van der Waals surface area contributed by atoms with Gasteiger partial charge in [-0.05, 0) is 40.1 Å². The van der Waals surface area contributed by atoms with Crippen LogP contribution in [-0.2, 0) is 4.79 Å². The first-order chi connectivity index (χ1) is 8.74. The molecule has 1 N–H and O–H groups in total. The van der Waals surface area contributed by atoms with Gasteiger partial charge in [0.1, 0.15) is 5.75 Å². The molecule has 3 rings (SSSR count). The Balaban J connectivity index is 1.94. The summed E-state index contributed by atoms with van der Waals surface area (Å²) in [6.45, 7) is 0.0919. The summed E-state index contributed by atoms with van der Waals surface area (Å²) in [4.78, 5) is 11.4. The highest BCUT2D eigenvalue weighted by Crippen LogP contribution is 2.37. The van der Waals surface area contributed by atoms with E-state index in [2.05, 4.69) is 32.7 Å². The van der Waals surface area contributed by atoms with E-state index in [1.165, 1.54) is 5.56 Å². The Morgan fingerprint density at radius 1 is 1.33 bits per heavy atom. The van der Waals surface area contributed by atoms with Crippen molar-refractivity contribution in [3.63, 3.8) is 0 Å². The van der Waals surface area contributed by atoms with Crippen LogP contribution in [0.4, 0.5) is 5.69 Å². The second-order valence-corrected chi connectivity index (χ2v) is 5.71. The Labute approximate surface area is 117 Å². The van der Waals surface area contributed by atoms with Crippen LogP contribution in [0.25, 0.3) is 0 Å². The maximum Gasteiger partial charge on any atom is 0.262 e. The summed E-state index contributed by atoms with van der Waals surface area (Å²) in [6.07, 6.45) is 0. The summed E-state index contributed by atoms with van der Waals surface area (Å²) in [6, 6.07) is 7.93. The molecule has 5 heteroatoms. The van der Waals surface area contributed by atoms with Gasteiger partial charge in [-0.2, -0.15) is 11.3 Å². The maximum atomic E-state index is 11.3. The molecule has 0 bridgehead atoms. The summed E-state index contributed by atoms with van der Waals surface area (Å²) >= 11 is 5.34. The quantitative estimate of drug-likeness (QED) is 0.858. The highest BCUT2D eigenvalue weighted by Gasteiger charge is 2.18. The zero-order chi connectivity index (χ0) is 12.5. The first kappa shape index (κ1) is 11.7. The predicted molar refractivity (Wildman–Crippen MR) is 75.7 cm³/mol. The van der Waals surface area contributed by atoms with Crippen molar-refractivity contribution in [2.45, 2.75) is 4.83 Å². The fourth-order valence-electron chi connectivity index (χ4n) is 1.87. The van der Waals surface area contributed by atoms with E-state index >= 15 is 0 Å². The van der Waals surface area contributed by atoms with E-state index in [0.29, 0.717) is 0 Å². The molecule has 1 atom stereocenters. The topological polar surface area (TPSA) is 38.3 Å². The van der Waals surface area contributed by atoms with Gasteiger partial charge in [0, 0.05) is 0 Å². The van der Waals surface area contributed by atoms with E-state index in [1.54, 1.807) is 11.3 Å². The number of halogens is 1. The molecule has 2 aromatic rings. The average molecular weight is 324 g/mol. The van der Waals surface area contributed by atoms with Crippen LogP contribution >= 0.6 is 27.3 Å². The van der Waals surface area contributed by atoms with Gasteiger partial charge in [-0.25, -0.2) is 0 Å². The fourth-order valence-corrected chi connectivity index (χ4v) is 3.30. The third-order valence-electron chi connectivity index (χ3n) is 2.76. The molecule has 1 aliphatic heterocycles. The number of anilines is 1. The lowest BCUT2D eigenvalue weighted by Crippen LogP contribution is -2.25. The number of carbonyl (C=O) groups excluding carboxylic acids is 1. The van der Waals surface area contributed by atoms with Crippen molar-refractivity contribution in [3.8, 4) is 5.75 Å². The summed E-state index contributed by atoms with van der Waals surface area (Å²) in [5, 5.41) is 6.97. The average Bonchev–Trinajstić information content (AvgIpc) is 2.90. The Hall–Kier alpha value is -1.33. The standard InChI is InChI=1S/C13H10BrNO2S/c14-13(9-3-4-18-7-9)8-1-2-11-10(5-8)15-12(16)6-17-11/h1-5,7,13H,6H2,(H,15,16). The Morgan fingerprint density at radius 3 is 3.00 bits per heavy atom. The number of nitrogens with one attached hydrogen (secondary N) is 1. The second kappa shape index (κ2) is 4.74. The van der Waals surface area contributed by atoms with Crippen molar-refractivity contribution in [1.82, 2.24) is 0 Å². The maximum absolute atomic E-state index is 11.3. The van der Waals surface area contributed by atoms with Gasteiger partial charge < -0.3 is 10.1 Å². The van der Waals surface area contributed by atoms with Gasteiger partial charge >= 0.3 is 0 Å². The van der Waals surface area contributed by atoms with E-state index in [9.17, 15) is 4.79 Å². The third-order valence-corrected chi connectivity index (χ3v) is 4.52. The number of hydrogen-bond acceptors (Lipinski definition) is 3. The zero-order valence-corrected chi connectivity index (χ0v) is 11.8. The predicted octanol–water partition coefficient (Wildman–Crippen LogP) is 3.56. The monoisotopic (exact) mass is 323 g/mol. The summed E-state index contributed by atoms with van der Waals surface area (Å²) < 4.78 is 5.34. The second-order valence-electron chi connectivity index (χ2n) is 4.01. The Bertz CT molecular complexity index is 583. The molecule has 3 nitrogen and oxygen atoms in total. The van der Waals surface area contributed by atoms with Crippen molar-refractivity contribution in [3.05, 3.63) is 46.2 Å². The molecule has 0 spiro atoms. The van der Waals surface area contributed by atoms with Gasteiger partial charge in [0.25, 0.3) is 5.91 Å². The SMILES string of the molecule is O=C1COc2ccc(C(Br)c3ccsc3)cc2N1. The molecule has 0 saturated carbocycles. The Kier molecular flexibility index (Phi) is 3.09. The molecule has 2 heterocycles. The number of fused-ring (bicyclic) bond motifs is 1. The third kappa shape index (κ3) is 2.15. The van der Waals surface area contributed by atoms with Gasteiger partial charge in [-0.1, -0.05) is 22.0 Å². The largest absolute Gasteiger partial charge is 0.482 e. The minimum absolute atomic E-state index is 0.0919. The molecule has 0 fully saturated rings. The van der Waals surface area contributed by atoms with Gasteiger partial charge in [-0.3, -0.25) is 4.79 Å². The molecule has 92 valence electrons. The molecule has 1 aromatic heterocycles. The molecular weight excluding hydrogens is 314 g/mol. The van der Waals surface area contributed by atoms with E-state index in [4.69, 9.17) is 4.74 Å². The van der Waals surface area contributed by atoms with Crippen molar-refractivity contribution < 1.29 is 9.53 Å². The lowest BCUT2D eigenvalue weighted by atomic mass is 10.1. The lowest BCUT2D eigenvalue weighted by Gasteiger charge is -2.19. The van der Waals surface area contributed by atoms with Crippen LogP contribution in [0.1, 0.15) is 16.0 Å². The molecule has 18 heavy (non-hydrogen) atoms. The highest BCUT2D eigenvalue weighted by molar-refractivity contribution is 9.09. The molecule has 0 radical (unpaired) electrons. The molecular formula is C13H10BrNO2S. The number of alkyl halides is 1. The molecule has 0 saturated heterocycles. The van der Waals surface area contributed by atoms with Crippen LogP contribution in [0.2, 0.25) is 0 Å². The number of ether oxygens (including phenoxy) is 1. The smallest absolute Gasteiger partial charge is 0.262 e. The lowest BCUT2D eigenvalue weighted by molar-refractivity contribution is -0.118. The molecule has 1 amide bonds. The summed E-state index contributed by atoms with van der Waals surface area (Å²) in [5.74, 6) is 0.615. The highest BCUT2D eigenvalue weighted by atomic mass is 79.9.